The maximum absolute atomic E-state index is 13.7. The molecule has 3 aliphatic rings. The molecule has 2 aromatic carbocycles. The van der Waals surface area contributed by atoms with Crippen molar-refractivity contribution in [1.29, 1.82) is 0 Å². The summed E-state index contributed by atoms with van der Waals surface area (Å²) in [5, 5.41) is 82.9. The lowest BCUT2D eigenvalue weighted by atomic mass is 9.96. The Morgan fingerprint density at radius 3 is 1.95 bits per heavy atom. The van der Waals surface area contributed by atoms with Gasteiger partial charge in [0.15, 0.2) is 60.2 Å². The second-order valence-corrected chi connectivity index (χ2v) is 14.6. The molecule has 0 spiro atoms. The van der Waals surface area contributed by atoms with Gasteiger partial charge in [-0.05, 0) is 61.7 Å². The second-order valence-electron chi connectivity index (χ2n) is 14.6. The zero-order valence-corrected chi connectivity index (χ0v) is 33.8. The zero-order valence-electron chi connectivity index (χ0n) is 33.8. The molecule has 0 saturated carbocycles. The Morgan fingerprint density at radius 1 is 0.656 bits per heavy atom. The van der Waals surface area contributed by atoms with Crippen LogP contribution in [0.3, 0.4) is 0 Å². The predicted octanol–water partition coefficient (Wildman–Crippen LogP) is -0.719. The molecule has 338 valence electrons. The molecule has 15 atom stereocenters. The summed E-state index contributed by atoms with van der Waals surface area (Å²) < 4.78 is 58.1. The van der Waals surface area contributed by atoms with Crippen molar-refractivity contribution in [2.45, 2.75) is 126 Å². The van der Waals surface area contributed by atoms with E-state index in [-0.39, 0.29) is 30.3 Å². The molecule has 3 saturated heterocycles. The average molecular weight is 869 g/mol. The normalized spacial score (nSPS) is 34.1. The molecular weight excluding hydrogens is 816 g/mol. The van der Waals surface area contributed by atoms with Crippen LogP contribution in [-0.4, -0.2) is 171 Å². The highest BCUT2D eigenvalue weighted by molar-refractivity contribution is 5.87. The summed E-state index contributed by atoms with van der Waals surface area (Å²) in [5.74, 6) is -3.65. The van der Waals surface area contributed by atoms with Gasteiger partial charge in [0.05, 0.1) is 32.5 Å². The van der Waals surface area contributed by atoms with Crippen LogP contribution in [0.1, 0.15) is 38.8 Å². The van der Waals surface area contributed by atoms with E-state index in [1.165, 1.54) is 63.4 Å². The number of aliphatic hydroxyl groups excluding tert-OH is 5. The number of benzene rings is 2. The molecule has 0 aliphatic carbocycles. The van der Waals surface area contributed by atoms with Crippen LogP contribution in [0.2, 0.25) is 0 Å². The Labute approximate surface area is 349 Å². The Morgan fingerprint density at radius 2 is 1.30 bits per heavy atom. The minimum Gasteiger partial charge on any atom is -0.504 e. The Kier molecular flexibility index (Phi) is 16.3. The molecular formula is C40H52O21. The van der Waals surface area contributed by atoms with Crippen molar-refractivity contribution in [2.75, 3.05) is 20.3 Å². The van der Waals surface area contributed by atoms with Gasteiger partial charge in [0, 0.05) is 19.9 Å². The fraction of sp³-hybridized carbons (Fsp3) is 0.575. The number of esters is 3. The number of aromatic hydroxyl groups is 3. The molecule has 2 aromatic rings. The minimum absolute atomic E-state index is 0.0977. The first-order valence-corrected chi connectivity index (χ1v) is 19.2. The second kappa shape index (κ2) is 20.9. The van der Waals surface area contributed by atoms with Gasteiger partial charge in [-0.2, -0.15) is 0 Å². The van der Waals surface area contributed by atoms with Crippen LogP contribution >= 0.6 is 0 Å². The van der Waals surface area contributed by atoms with Gasteiger partial charge >= 0.3 is 17.9 Å². The smallest absolute Gasteiger partial charge is 0.331 e. The molecule has 21 nitrogen and oxygen atoms in total. The van der Waals surface area contributed by atoms with Crippen LogP contribution < -0.4 is 4.74 Å². The quantitative estimate of drug-likeness (QED) is 0.0474. The molecule has 0 aromatic heterocycles. The number of carbonyl (C=O) groups is 3. The number of ether oxygens (including phenoxy) is 10. The summed E-state index contributed by atoms with van der Waals surface area (Å²) in [4.78, 5) is 38.7. The number of carbonyl (C=O) groups excluding carboxylic acids is 3. The number of rotatable bonds is 15. The molecule has 5 rings (SSSR count). The number of hydrogen-bond acceptors (Lipinski definition) is 21. The number of hydrogen-bond donors (Lipinski definition) is 8. The Hall–Kier alpha value is -4.65. The highest BCUT2D eigenvalue weighted by Gasteiger charge is 2.55. The van der Waals surface area contributed by atoms with Gasteiger partial charge in [0.1, 0.15) is 42.7 Å². The summed E-state index contributed by atoms with van der Waals surface area (Å²) >= 11 is 0. The van der Waals surface area contributed by atoms with Crippen LogP contribution in [0.15, 0.2) is 42.5 Å². The van der Waals surface area contributed by atoms with Gasteiger partial charge in [-0.15, -0.1) is 0 Å². The van der Waals surface area contributed by atoms with Gasteiger partial charge in [0.2, 0.25) is 0 Å². The first-order chi connectivity index (χ1) is 28.9. The van der Waals surface area contributed by atoms with E-state index < -0.39 is 122 Å². The molecule has 8 N–H and O–H groups in total. The molecule has 61 heavy (non-hydrogen) atoms. The van der Waals surface area contributed by atoms with Crippen molar-refractivity contribution in [3.63, 3.8) is 0 Å². The summed E-state index contributed by atoms with van der Waals surface area (Å²) in [6, 6.07) is 8.32. The highest BCUT2D eigenvalue weighted by atomic mass is 16.8. The summed E-state index contributed by atoms with van der Waals surface area (Å²) in [5.41, 5.74) is 0.902. The van der Waals surface area contributed by atoms with Crippen molar-refractivity contribution in [2.24, 2.45) is 0 Å². The SMILES string of the molecule is COc1cc(C=CC(=O)O[C@@H]2[C@@H](O[C@@H]3O[C@H](C)[C@@H](O)[C@@H](O)[C@H]3OC(C)=O)[C@H](OC(C)=O)[C@@H](OCCc3ccc(O)c(O)c3)O[C@H]2CO[C@H]2O[C@@H](C)[C@H](O)[C@@H](O)[C@@H]2O)ccc1O. The van der Waals surface area contributed by atoms with Gasteiger partial charge in [0.25, 0.3) is 0 Å². The summed E-state index contributed by atoms with van der Waals surface area (Å²) in [7, 11) is 1.33. The third-order valence-corrected chi connectivity index (χ3v) is 10.1. The van der Waals surface area contributed by atoms with E-state index >= 15 is 0 Å². The van der Waals surface area contributed by atoms with E-state index in [1.807, 2.05) is 0 Å². The Balaban J connectivity index is 1.54. The Bertz CT molecular complexity index is 1840. The van der Waals surface area contributed by atoms with Gasteiger partial charge < -0.3 is 88.2 Å². The fourth-order valence-electron chi connectivity index (χ4n) is 6.84. The van der Waals surface area contributed by atoms with Crippen LogP contribution in [0.25, 0.3) is 6.08 Å². The van der Waals surface area contributed by atoms with E-state index in [9.17, 15) is 55.2 Å². The third kappa shape index (κ3) is 11.8. The van der Waals surface area contributed by atoms with E-state index in [2.05, 4.69) is 0 Å². The molecule has 0 amide bonds. The van der Waals surface area contributed by atoms with Crippen molar-refractivity contribution < 1.29 is 103 Å². The van der Waals surface area contributed by atoms with Crippen molar-refractivity contribution in [3.05, 3.63) is 53.6 Å². The summed E-state index contributed by atoms with van der Waals surface area (Å²) in [6.45, 7) is 4.09. The molecule has 3 aliphatic heterocycles. The van der Waals surface area contributed by atoms with Crippen LogP contribution in [0.4, 0.5) is 0 Å². The third-order valence-electron chi connectivity index (χ3n) is 10.1. The van der Waals surface area contributed by atoms with Gasteiger partial charge in [-0.1, -0.05) is 12.1 Å². The van der Waals surface area contributed by atoms with Gasteiger partial charge in [-0.3, -0.25) is 9.59 Å². The molecule has 0 radical (unpaired) electrons. The maximum atomic E-state index is 13.7. The minimum atomic E-state index is -1.77. The van der Waals surface area contributed by atoms with E-state index in [4.69, 9.17) is 47.4 Å². The lowest BCUT2D eigenvalue weighted by Crippen LogP contribution is -2.66. The molecule has 21 heteroatoms. The maximum Gasteiger partial charge on any atom is 0.331 e. The number of methoxy groups -OCH3 is 1. The number of phenols is 3. The summed E-state index contributed by atoms with van der Waals surface area (Å²) in [6.07, 6.45) is -21.1. The molecule has 0 bridgehead atoms. The van der Waals surface area contributed by atoms with Crippen molar-refractivity contribution in [1.82, 2.24) is 0 Å². The standard InChI is InChI=1S/C40H52O21/c1-17-29(47)31(49)33(51)38(55-17)54-16-27-34(60-28(46)11-8-21-7-10-24(44)26(15-21)52-5)36(61-40-35(57-19(3)41)32(50)30(48)18(2)56-40)37(58-20(4)42)39(59-27)53-13-12-22-6-9-23(43)25(45)14-22/h6-11,14-15,17-18,27,29-40,43-45,47-51H,12-13,16H2,1-5H3/t17-,18+,27-,29-,30+,31+,32+,33-,34-,35+,36+,37-,38-,39-,40-/m0/s1. The topological polar surface area (TPSA) is 305 Å². The predicted molar refractivity (Wildman–Crippen MR) is 202 cm³/mol. The number of aliphatic hydroxyl groups is 5. The molecule has 3 heterocycles. The van der Waals surface area contributed by atoms with Gasteiger partial charge in [-0.25, -0.2) is 4.79 Å². The van der Waals surface area contributed by atoms with E-state index in [1.54, 1.807) is 0 Å². The van der Waals surface area contributed by atoms with E-state index in [0.717, 1.165) is 19.9 Å². The van der Waals surface area contributed by atoms with E-state index in [0.29, 0.717) is 11.1 Å². The zero-order chi connectivity index (χ0) is 44.7. The van der Waals surface area contributed by atoms with Crippen LogP contribution in [0.5, 0.6) is 23.0 Å². The number of phenolic OH excluding ortho intramolecular Hbond substituents is 3. The first-order valence-electron chi connectivity index (χ1n) is 19.2. The highest BCUT2D eigenvalue weighted by Crippen LogP contribution is 2.35. The monoisotopic (exact) mass is 868 g/mol. The van der Waals surface area contributed by atoms with Crippen LogP contribution in [0, 0.1) is 0 Å². The van der Waals surface area contributed by atoms with Crippen LogP contribution in [-0.2, 0) is 63.4 Å². The molecule has 3 fully saturated rings. The van der Waals surface area contributed by atoms with Crippen molar-refractivity contribution >= 4 is 24.0 Å². The fourth-order valence-corrected chi connectivity index (χ4v) is 6.84. The lowest BCUT2D eigenvalue weighted by Gasteiger charge is -2.48. The average Bonchev–Trinajstić information content (AvgIpc) is 3.21. The van der Waals surface area contributed by atoms with Crippen molar-refractivity contribution in [3.8, 4) is 23.0 Å². The largest absolute Gasteiger partial charge is 0.504 e. The lowest BCUT2D eigenvalue weighted by molar-refractivity contribution is -0.364. The molecule has 0 unspecified atom stereocenters. The first kappa shape index (κ1) is 47.4.